The van der Waals surface area contributed by atoms with Crippen molar-refractivity contribution in [2.24, 2.45) is 24.3 Å². The lowest BCUT2D eigenvalue weighted by Gasteiger charge is -2.06. The van der Waals surface area contributed by atoms with Crippen molar-refractivity contribution in [3.8, 4) is 0 Å². The molecule has 1 amide bonds. The van der Waals surface area contributed by atoms with Crippen LogP contribution < -0.4 is 27.6 Å². The number of imidazole rings is 1. The van der Waals surface area contributed by atoms with Gasteiger partial charge in [0, 0.05) is 23.9 Å². The Labute approximate surface area is 158 Å². The fraction of sp³-hybridized carbons (Fsp3) is 0.375. The first kappa shape index (κ1) is 20.9. The lowest BCUT2D eigenvalue weighted by atomic mass is 10.3. The summed E-state index contributed by atoms with van der Waals surface area (Å²) >= 11 is 5.40. The molecule has 2 aromatic rings. The van der Waals surface area contributed by atoms with Crippen molar-refractivity contribution >= 4 is 34.8 Å². The van der Waals surface area contributed by atoms with Crippen molar-refractivity contribution in [3.63, 3.8) is 0 Å². The van der Waals surface area contributed by atoms with E-state index in [2.05, 4.69) is 20.9 Å². The molecule has 0 fully saturated rings. The normalized spacial score (nSPS) is 10.5. The number of anilines is 1. The van der Waals surface area contributed by atoms with Gasteiger partial charge in [-0.3, -0.25) is 4.79 Å². The average Bonchev–Trinajstić information content (AvgIpc) is 2.91. The van der Waals surface area contributed by atoms with Gasteiger partial charge in [0.1, 0.15) is 11.6 Å². The number of carbonyl (C=O) groups is 1. The zero-order valence-corrected chi connectivity index (χ0v) is 15.8. The lowest BCUT2D eigenvalue weighted by Crippen LogP contribution is -3.00. The van der Waals surface area contributed by atoms with Crippen LogP contribution in [-0.4, -0.2) is 29.4 Å². The minimum absolute atomic E-state index is 0. The van der Waals surface area contributed by atoms with Gasteiger partial charge >= 0.3 is 5.95 Å². The van der Waals surface area contributed by atoms with Gasteiger partial charge in [0.2, 0.25) is 5.91 Å². The molecule has 0 saturated carbocycles. The van der Waals surface area contributed by atoms with Gasteiger partial charge in [-0.05, 0) is 30.7 Å². The number of alkyl halides is 1. The van der Waals surface area contributed by atoms with E-state index in [9.17, 15) is 4.79 Å². The number of nitrogens with one attached hydrogen (secondary N) is 2. The van der Waals surface area contributed by atoms with E-state index in [0.717, 1.165) is 30.3 Å². The van der Waals surface area contributed by atoms with E-state index in [1.165, 1.54) is 0 Å². The summed E-state index contributed by atoms with van der Waals surface area (Å²) in [6.45, 7) is 1.38. The number of azo groups is 1. The molecule has 9 heteroatoms. The van der Waals surface area contributed by atoms with Crippen LogP contribution >= 0.6 is 11.6 Å². The Hall–Kier alpha value is -2.12. The topological polar surface area (TPSA) is 74.7 Å². The van der Waals surface area contributed by atoms with Crippen LogP contribution in [0.5, 0.6) is 0 Å². The van der Waals surface area contributed by atoms with E-state index in [0.29, 0.717) is 6.54 Å². The highest BCUT2D eigenvalue weighted by Crippen LogP contribution is 2.18. The molecule has 0 spiro atoms. The number of carbonyl (C=O) groups excluding carboxylic acids is 1. The highest BCUT2D eigenvalue weighted by molar-refractivity contribution is 6.27. The standard InChI is InChI=1S/C16H21ClN6O.ClH/c1-22-10-11-23(2)16(22)21-20-14-6-4-13(5-7-14)18-8-3-9-19-15(24)12-17;/h4-7,10-11H,3,8-9,12H2,1-2H3,(H,19,24);1H. The van der Waals surface area contributed by atoms with E-state index in [-0.39, 0.29) is 24.2 Å². The molecule has 0 unspecified atom stereocenters. The highest BCUT2D eigenvalue weighted by atomic mass is 35.5. The first-order valence-electron chi connectivity index (χ1n) is 7.69. The van der Waals surface area contributed by atoms with E-state index in [1.54, 1.807) is 0 Å². The number of benzene rings is 1. The highest BCUT2D eigenvalue weighted by Gasteiger charge is 2.10. The SMILES string of the molecule is Cn1cc[n+](C)c1N=Nc1ccc(NCCCNC(=O)CCl)cc1.[Cl-]. The van der Waals surface area contributed by atoms with Crippen LogP contribution in [0.15, 0.2) is 46.9 Å². The molecule has 1 aromatic carbocycles. The molecule has 136 valence electrons. The lowest BCUT2D eigenvalue weighted by molar-refractivity contribution is -0.657. The molecule has 0 saturated heterocycles. The number of halogens is 2. The predicted molar refractivity (Wildman–Crippen MR) is 94.0 cm³/mol. The first-order valence-corrected chi connectivity index (χ1v) is 8.23. The molecule has 0 aliphatic heterocycles. The maximum absolute atomic E-state index is 11.0. The molecular formula is C16H22Cl2N6O. The second kappa shape index (κ2) is 10.7. The molecule has 2 rings (SSSR count). The summed E-state index contributed by atoms with van der Waals surface area (Å²) in [6.07, 6.45) is 4.68. The van der Waals surface area contributed by atoms with Gasteiger partial charge in [0.15, 0.2) is 0 Å². The number of nitrogens with zero attached hydrogens (tertiary/aromatic N) is 4. The Bertz CT molecular complexity index is 680. The van der Waals surface area contributed by atoms with Crippen LogP contribution in [-0.2, 0) is 18.9 Å². The van der Waals surface area contributed by atoms with Gasteiger partial charge in [0.25, 0.3) is 0 Å². The molecule has 25 heavy (non-hydrogen) atoms. The number of hydrogen-bond acceptors (Lipinski definition) is 4. The van der Waals surface area contributed by atoms with Crippen molar-refractivity contribution < 1.29 is 21.8 Å². The Morgan fingerprint density at radius 2 is 1.96 bits per heavy atom. The summed E-state index contributed by atoms with van der Waals surface area (Å²) in [5, 5.41) is 14.5. The third-order valence-electron chi connectivity index (χ3n) is 3.39. The monoisotopic (exact) mass is 384 g/mol. The maximum Gasteiger partial charge on any atom is 0.421 e. The quantitative estimate of drug-likeness (QED) is 0.276. The maximum atomic E-state index is 11.0. The van der Waals surface area contributed by atoms with Crippen LogP contribution in [0.1, 0.15) is 6.42 Å². The minimum atomic E-state index is -0.141. The zero-order chi connectivity index (χ0) is 17.4. The van der Waals surface area contributed by atoms with Crippen molar-refractivity contribution in [2.75, 3.05) is 24.3 Å². The van der Waals surface area contributed by atoms with Crippen molar-refractivity contribution in [3.05, 3.63) is 36.7 Å². The van der Waals surface area contributed by atoms with Crippen LogP contribution in [0.2, 0.25) is 0 Å². The molecule has 2 N–H and O–H groups in total. The van der Waals surface area contributed by atoms with Gasteiger partial charge in [-0.1, -0.05) is 5.11 Å². The van der Waals surface area contributed by atoms with Crippen molar-refractivity contribution in [1.29, 1.82) is 0 Å². The Morgan fingerprint density at radius 3 is 2.56 bits per heavy atom. The Kier molecular flexibility index (Phi) is 8.94. The van der Waals surface area contributed by atoms with Gasteiger partial charge in [-0.25, -0.2) is 9.13 Å². The summed E-state index contributed by atoms with van der Waals surface area (Å²) in [4.78, 5) is 11.0. The van der Waals surface area contributed by atoms with Crippen LogP contribution in [0, 0.1) is 0 Å². The Balaban J connectivity index is 0.00000312. The average molecular weight is 385 g/mol. The first-order chi connectivity index (χ1) is 11.6. The van der Waals surface area contributed by atoms with Gasteiger partial charge < -0.3 is 23.0 Å². The summed E-state index contributed by atoms with van der Waals surface area (Å²) in [6, 6.07) is 7.72. The summed E-state index contributed by atoms with van der Waals surface area (Å²) in [5.41, 5.74) is 1.79. The minimum Gasteiger partial charge on any atom is -1.00 e. The van der Waals surface area contributed by atoms with E-state index < -0.39 is 0 Å². The number of aromatic nitrogens is 2. The number of rotatable bonds is 8. The summed E-state index contributed by atoms with van der Waals surface area (Å²) in [7, 11) is 3.86. The number of amides is 1. The molecule has 1 aromatic heterocycles. The third-order valence-corrected chi connectivity index (χ3v) is 3.64. The molecule has 0 bridgehead atoms. The van der Waals surface area contributed by atoms with Gasteiger partial charge in [0.05, 0.1) is 26.5 Å². The van der Waals surface area contributed by atoms with Gasteiger partial charge in [-0.2, -0.15) is 0 Å². The molecule has 0 aliphatic rings. The molecule has 1 heterocycles. The van der Waals surface area contributed by atoms with Crippen LogP contribution in [0.25, 0.3) is 0 Å². The van der Waals surface area contributed by atoms with E-state index in [4.69, 9.17) is 11.6 Å². The molecular weight excluding hydrogens is 363 g/mol. The van der Waals surface area contributed by atoms with Crippen molar-refractivity contribution in [1.82, 2.24) is 9.88 Å². The largest absolute Gasteiger partial charge is 1.00 e. The Morgan fingerprint density at radius 1 is 1.24 bits per heavy atom. The molecule has 7 nitrogen and oxygen atoms in total. The van der Waals surface area contributed by atoms with E-state index >= 15 is 0 Å². The number of hydrogen-bond donors (Lipinski definition) is 2. The fourth-order valence-electron chi connectivity index (χ4n) is 2.07. The molecule has 0 atom stereocenters. The predicted octanol–water partition coefficient (Wildman–Crippen LogP) is -0.574. The van der Waals surface area contributed by atoms with Gasteiger partial charge in [-0.15, -0.1) is 11.6 Å². The molecule has 0 radical (unpaired) electrons. The zero-order valence-electron chi connectivity index (χ0n) is 14.2. The number of aryl methyl sites for hydroxylation is 2. The van der Waals surface area contributed by atoms with Crippen LogP contribution in [0.4, 0.5) is 17.3 Å². The van der Waals surface area contributed by atoms with E-state index in [1.807, 2.05) is 59.9 Å². The third kappa shape index (κ3) is 6.72. The second-order valence-corrected chi connectivity index (χ2v) is 5.60. The van der Waals surface area contributed by atoms with Crippen LogP contribution in [0.3, 0.4) is 0 Å². The second-order valence-electron chi connectivity index (χ2n) is 5.33. The summed E-state index contributed by atoms with van der Waals surface area (Å²) in [5.74, 6) is 0.638. The fourth-order valence-corrected chi connectivity index (χ4v) is 2.16. The smallest absolute Gasteiger partial charge is 0.421 e. The molecule has 0 aliphatic carbocycles. The summed E-state index contributed by atoms with van der Waals surface area (Å²) < 4.78 is 3.81. The van der Waals surface area contributed by atoms with Crippen molar-refractivity contribution in [2.45, 2.75) is 6.42 Å².